The van der Waals surface area contributed by atoms with E-state index in [1.165, 1.54) is 31.9 Å². The van der Waals surface area contributed by atoms with E-state index in [1.54, 1.807) is 79.1 Å². The average Bonchev–Trinajstić information content (AvgIpc) is 0.837. The molecule has 0 radical (unpaired) electrons. The summed E-state index contributed by atoms with van der Waals surface area (Å²) in [6, 6.07) is 34.2. The first-order valence-electron chi connectivity index (χ1n) is 28.8. The standard InChI is InChI=1S/C25H22N4O3.C23H18ClFN4O.C20H16ClN5O2/c1-3-16-7-5-8-18(13-16)27-24-23-20(15-26-22(29-23)9-6-12-32-4-2)19-11-10-17(25(30)31)14-21(19)28-24;1-12(30)14-4-6-16-17-11-26-21(8-13-2-3-13)29-22(17)23(28-20(16)9-14)27-15-5-7-19(25)18(24)10-15;1-2-22-20-23-10-15-14-7-6-11(19(27)28)8-16(14)25-18(17(15)26-20)24-13-5-3-4-12(21)9-13/h1,5,7-8,10-11,13-15H,4,6,9,12H2,2H3,(H,27,28)(H,30,31);4-7,9-11,13H,2-3,8H2,1H3,(H,27,28);3-10H,2H2,1H3,(H,24,25)(H,27,28)(H,22,23,26). The summed E-state index contributed by atoms with van der Waals surface area (Å²) in [5.41, 5.74) is 7.46. The fourth-order valence-corrected chi connectivity index (χ4v) is 10.3. The lowest BCUT2D eigenvalue weighted by Crippen LogP contribution is -2.04. The topological polar surface area (TPSA) is 265 Å². The van der Waals surface area contributed by atoms with Crippen molar-refractivity contribution in [2.24, 2.45) is 5.92 Å². The summed E-state index contributed by atoms with van der Waals surface area (Å²) in [5, 5.41) is 37.0. The number of aromatic nitrogens is 9. The van der Waals surface area contributed by atoms with E-state index < -0.39 is 17.8 Å². The molecule has 0 unspecified atom stereocenters. The van der Waals surface area contributed by atoms with Crippen LogP contribution in [0.2, 0.25) is 10.0 Å². The van der Waals surface area contributed by atoms with Gasteiger partial charge in [0.05, 0.1) is 32.7 Å². The van der Waals surface area contributed by atoms with Crippen LogP contribution in [0.25, 0.3) is 65.4 Å². The first-order valence-corrected chi connectivity index (χ1v) is 29.5. The molecular weight excluding hydrogens is 1180 g/mol. The maximum atomic E-state index is 13.6. The zero-order valence-electron chi connectivity index (χ0n) is 48.8. The Hall–Kier alpha value is -10.6. The molecule has 0 saturated heterocycles. The quantitative estimate of drug-likeness (QED) is 0.0202. The number of benzene rings is 6. The molecule has 0 aliphatic heterocycles. The van der Waals surface area contributed by atoms with Gasteiger partial charge in [-0.3, -0.25) is 4.79 Å². The van der Waals surface area contributed by atoms with Crippen LogP contribution in [-0.2, 0) is 17.6 Å². The number of carbonyl (C=O) groups excluding carboxylic acids is 1. The number of rotatable bonds is 18. The van der Waals surface area contributed by atoms with Crippen molar-refractivity contribution in [3.63, 3.8) is 0 Å². The molecule has 6 aromatic carbocycles. The normalized spacial score (nSPS) is 11.8. The zero-order chi connectivity index (χ0) is 63.0. The van der Waals surface area contributed by atoms with Crippen LogP contribution < -0.4 is 21.3 Å². The summed E-state index contributed by atoms with van der Waals surface area (Å²) in [6.45, 7) is 7.46. The van der Waals surface area contributed by atoms with E-state index in [1.807, 2.05) is 62.5 Å². The van der Waals surface area contributed by atoms with Crippen molar-refractivity contribution in [1.82, 2.24) is 44.9 Å². The number of hydrogen-bond donors (Lipinski definition) is 6. The first-order chi connectivity index (χ1) is 43.6. The molecule has 13 rings (SSSR count). The van der Waals surface area contributed by atoms with Crippen LogP contribution >= 0.6 is 23.2 Å². The van der Waals surface area contributed by atoms with Crippen molar-refractivity contribution in [1.29, 1.82) is 0 Å². The van der Waals surface area contributed by atoms with Crippen molar-refractivity contribution >= 4 is 147 Å². The Kier molecular flexibility index (Phi) is 18.5. The molecule has 0 atom stereocenters. The number of aromatic carboxylic acids is 2. The second kappa shape index (κ2) is 27.2. The molecular formula is C68H56Cl2FN13O6. The van der Waals surface area contributed by atoms with Gasteiger partial charge in [-0.05, 0) is 131 Å². The summed E-state index contributed by atoms with van der Waals surface area (Å²) in [4.78, 5) is 76.3. The van der Waals surface area contributed by atoms with Crippen LogP contribution in [0.1, 0.15) is 88.3 Å². The van der Waals surface area contributed by atoms with Crippen molar-refractivity contribution in [3.8, 4) is 12.3 Å². The molecule has 19 nitrogen and oxygen atoms in total. The molecule has 6 N–H and O–H groups in total. The molecule has 90 heavy (non-hydrogen) atoms. The van der Waals surface area contributed by atoms with Crippen LogP contribution in [0, 0.1) is 24.1 Å². The number of nitrogens with one attached hydrogen (secondary N) is 4. The Balaban J connectivity index is 0.000000139. The third-order valence-electron chi connectivity index (χ3n) is 14.6. The molecule has 6 heterocycles. The Morgan fingerprint density at radius 3 is 1.67 bits per heavy atom. The van der Waals surface area contributed by atoms with Gasteiger partial charge in [0.1, 0.15) is 34.0 Å². The number of aryl methyl sites for hydroxylation is 1. The monoisotopic (exact) mass is 1240 g/mol. The molecule has 1 saturated carbocycles. The third kappa shape index (κ3) is 14.2. The van der Waals surface area contributed by atoms with Gasteiger partial charge in [-0.15, -0.1) is 6.42 Å². The van der Waals surface area contributed by atoms with Crippen LogP contribution in [0.15, 0.2) is 140 Å². The minimum Gasteiger partial charge on any atom is -0.478 e. The number of halogens is 3. The highest BCUT2D eigenvalue weighted by Crippen LogP contribution is 2.36. The fraction of sp³-hybridized carbons (Fsp3) is 0.176. The van der Waals surface area contributed by atoms with Crippen molar-refractivity contribution in [2.75, 3.05) is 41.0 Å². The number of terminal acetylenes is 1. The van der Waals surface area contributed by atoms with Gasteiger partial charge in [-0.1, -0.05) is 65.5 Å². The van der Waals surface area contributed by atoms with E-state index in [4.69, 9.17) is 54.3 Å². The fourth-order valence-electron chi connectivity index (χ4n) is 9.93. The third-order valence-corrected chi connectivity index (χ3v) is 15.1. The molecule has 0 bridgehead atoms. The molecule has 1 aliphatic rings. The molecule has 12 aromatic rings. The van der Waals surface area contributed by atoms with Gasteiger partial charge < -0.3 is 36.2 Å². The minimum atomic E-state index is -1.01. The van der Waals surface area contributed by atoms with Gasteiger partial charge in [0.2, 0.25) is 5.95 Å². The summed E-state index contributed by atoms with van der Waals surface area (Å²) >= 11 is 12.0. The second-order valence-corrected chi connectivity index (χ2v) is 21.9. The summed E-state index contributed by atoms with van der Waals surface area (Å²) in [5.74, 6) is 4.23. The highest BCUT2D eigenvalue weighted by Gasteiger charge is 2.24. The maximum Gasteiger partial charge on any atom is 0.335 e. The van der Waals surface area contributed by atoms with E-state index >= 15 is 0 Å². The number of ether oxygens (including phenoxy) is 1. The highest BCUT2D eigenvalue weighted by molar-refractivity contribution is 6.31. The second-order valence-electron chi connectivity index (χ2n) is 21.0. The predicted molar refractivity (Wildman–Crippen MR) is 351 cm³/mol. The van der Waals surface area contributed by atoms with Crippen LogP contribution in [0.3, 0.4) is 0 Å². The Morgan fingerprint density at radius 1 is 0.611 bits per heavy atom. The largest absolute Gasteiger partial charge is 0.478 e. The number of hydrogen-bond acceptors (Lipinski definition) is 17. The van der Waals surface area contributed by atoms with E-state index in [9.17, 15) is 29.0 Å². The minimum absolute atomic E-state index is 0.0213. The van der Waals surface area contributed by atoms with Gasteiger partial charge in [-0.2, -0.15) is 0 Å². The molecule has 22 heteroatoms. The molecule has 0 amide bonds. The number of carboxylic acids is 2. The zero-order valence-corrected chi connectivity index (χ0v) is 50.3. The number of pyridine rings is 3. The van der Waals surface area contributed by atoms with Crippen LogP contribution in [-0.4, -0.2) is 92.5 Å². The maximum absolute atomic E-state index is 13.6. The Morgan fingerprint density at radius 2 is 1.13 bits per heavy atom. The lowest BCUT2D eigenvalue weighted by molar-refractivity contribution is 0.0686. The summed E-state index contributed by atoms with van der Waals surface area (Å²) < 4.78 is 19.0. The Bertz CT molecular complexity index is 4840. The van der Waals surface area contributed by atoms with Gasteiger partial charge >= 0.3 is 11.9 Å². The molecule has 1 aliphatic carbocycles. The number of ketones is 1. The van der Waals surface area contributed by atoms with Crippen molar-refractivity contribution < 1.29 is 33.7 Å². The lowest BCUT2D eigenvalue weighted by atomic mass is 10.1. The molecule has 6 aromatic heterocycles. The Labute approximate surface area is 524 Å². The van der Waals surface area contributed by atoms with E-state index in [0.29, 0.717) is 111 Å². The number of carbonyl (C=O) groups is 3. The summed E-state index contributed by atoms with van der Waals surface area (Å²) in [6.07, 6.45) is 15.6. The van der Waals surface area contributed by atoms with E-state index in [2.05, 4.69) is 52.1 Å². The SMILES string of the molecule is C#Cc1cccc(Nc2nc3cc(C(=O)O)ccc3c3cnc(CCCOCC)nc23)c1.CC(=O)c1ccc2c(c1)nc(Nc1ccc(F)c(Cl)c1)c1nc(CC3CC3)ncc12.CCNc1ncc2c(n1)c(Nc1cccc(Cl)c1)nc1cc(C(=O)O)ccc12. The smallest absolute Gasteiger partial charge is 0.335 e. The molecule has 450 valence electrons. The van der Waals surface area contributed by atoms with Crippen molar-refractivity contribution in [3.05, 3.63) is 190 Å². The number of carboxylic acid groups (broad SMARTS) is 2. The average molecular weight is 1240 g/mol. The van der Waals surface area contributed by atoms with Gasteiger partial charge in [0.25, 0.3) is 0 Å². The number of nitrogens with zero attached hydrogens (tertiary/aromatic N) is 9. The van der Waals surface area contributed by atoms with E-state index in [-0.39, 0.29) is 21.9 Å². The lowest BCUT2D eigenvalue weighted by Gasteiger charge is -2.13. The molecule has 0 spiro atoms. The predicted octanol–water partition coefficient (Wildman–Crippen LogP) is 15.1. The number of fused-ring (bicyclic) bond motifs is 9. The number of Topliss-reactive ketones (excluding diaryl/α,β-unsaturated/α-hetero) is 1. The number of anilines is 7. The van der Waals surface area contributed by atoms with Crippen molar-refractivity contribution in [2.45, 2.75) is 52.9 Å². The van der Waals surface area contributed by atoms with Crippen LogP contribution in [0.5, 0.6) is 0 Å². The van der Waals surface area contributed by atoms with Gasteiger partial charge in [0, 0.05) is 117 Å². The highest BCUT2D eigenvalue weighted by atomic mass is 35.5. The first kappa shape index (κ1) is 61.1. The molecule has 1 fully saturated rings. The van der Waals surface area contributed by atoms with Crippen LogP contribution in [0.4, 0.5) is 44.9 Å². The van der Waals surface area contributed by atoms with Gasteiger partial charge in [-0.25, -0.2) is 58.8 Å². The summed E-state index contributed by atoms with van der Waals surface area (Å²) in [7, 11) is 0. The van der Waals surface area contributed by atoms with E-state index in [0.717, 1.165) is 67.9 Å². The van der Waals surface area contributed by atoms with Gasteiger partial charge in [0.15, 0.2) is 23.2 Å².